The Morgan fingerprint density at radius 2 is 1.55 bits per heavy atom. The summed E-state index contributed by atoms with van der Waals surface area (Å²) in [6, 6.07) is 9.18. The van der Waals surface area contributed by atoms with Crippen molar-refractivity contribution in [2.24, 2.45) is 7.05 Å². The molecule has 0 bridgehead atoms. The van der Waals surface area contributed by atoms with Gasteiger partial charge in [0.25, 0.3) is 0 Å². The van der Waals surface area contributed by atoms with E-state index in [1.165, 1.54) is 39.9 Å². The van der Waals surface area contributed by atoms with Gasteiger partial charge in [-0.25, -0.2) is 4.57 Å². The summed E-state index contributed by atoms with van der Waals surface area (Å²) in [5.74, 6) is 0. The number of pyridine rings is 1. The summed E-state index contributed by atoms with van der Waals surface area (Å²) in [5.41, 5.74) is 8.88. The Bertz CT molecular complexity index is 751. The van der Waals surface area contributed by atoms with Gasteiger partial charge in [-0.3, -0.25) is 0 Å². The molecule has 0 amide bonds. The molecule has 116 valence electrons. The van der Waals surface area contributed by atoms with Crippen LogP contribution in [-0.4, -0.2) is 0 Å². The summed E-state index contributed by atoms with van der Waals surface area (Å²) in [7, 11) is 2.18. The first kappa shape index (κ1) is 15.3. The summed E-state index contributed by atoms with van der Waals surface area (Å²) in [5, 5.41) is 0. The van der Waals surface area contributed by atoms with Crippen LogP contribution in [0.15, 0.2) is 30.5 Å². The third-order valence-corrected chi connectivity index (χ3v) is 5.27. The number of hydrogen-bond acceptors (Lipinski definition) is 0. The second-order valence-electron chi connectivity index (χ2n) is 8.36. The Kier molecular flexibility index (Phi) is 3.25. The number of hydrogen-bond donors (Lipinski definition) is 0. The second-order valence-corrected chi connectivity index (χ2v) is 8.36. The van der Waals surface area contributed by atoms with Gasteiger partial charge in [-0.2, -0.15) is 0 Å². The van der Waals surface area contributed by atoms with Gasteiger partial charge in [0, 0.05) is 17.2 Å². The molecule has 0 atom stereocenters. The number of benzene rings is 1. The summed E-state index contributed by atoms with van der Waals surface area (Å²) in [4.78, 5) is 0. The van der Waals surface area contributed by atoms with Gasteiger partial charge in [0.05, 0.1) is 0 Å². The van der Waals surface area contributed by atoms with Gasteiger partial charge >= 0.3 is 0 Å². The van der Waals surface area contributed by atoms with E-state index in [-0.39, 0.29) is 10.8 Å². The van der Waals surface area contributed by atoms with Crippen molar-refractivity contribution < 1.29 is 4.57 Å². The third-order valence-electron chi connectivity index (χ3n) is 5.27. The van der Waals surface area contributed by atoms with Gasteiger partial charge in [0.1, 0.15) is 7.05 Å². The number of nitrogens with zero attached hydrogens (tertiary/aromatic N) is 1. The molecule has 3 rings (SSSR count). The van der Waals surface area contributed by atoms with Crippen LogP contribution in [0.2, 0.25) is 0 Å². The van der Waals surface area contributed by atoms with E-state index in [9.17, 15) is 0 Å². The van der Waals surface area contributed by atoms with E-state index in [2.05, 4.69) is 83.6 Å². The molecule has 1 aromatic heterocycles. The molecule has 22 heavy (non-hydrogen) atoms. The van der Waals surface area contributed by atoms with Crippen LogP contribution in [-0.2, 0) is 17.9 Å². The molecule has 0 saturated heterocycles. The van der Waals surface area contributed by atoms with E-state index in [4.69, 9.17) is 0 Å². The fourth-order valence-corrected chi connectivity index (χ4v) is 4.41. The predicted octanol–water partition coefficient (Wildman–Crippen LogP) is 4.75. The SMILES string of the molecule is Cc1ccc(-c2cc3c(c[n+]2C)C(C)(C)CC3(C)C)c(C)c1. The van der Waals surface area contributed by atoms with E-state index in [1.54, 1.807) is 0 Å². The molecule has 0 N–H and O–H groups in total. The van der Waals surface area contributed by atoms with Crippen LogP contribution >= 0.6 is 0 Å². The minimum Gasteiger partial charge on any atom is -0.201 e. The molecule has 0 fully saturated rings. The molecule has 1 aliphatic carbocycles. The van der Waals surface area contributed by atoms with Crippen LogP contribution in [0.5, 0.6) is 0 Å². The maximum atomic E-state index is 2.43. The zero-order chi connectivity index (χ0) is 16.3. The Hall–Kier alpha value is -1.63. The van der Waals surface area contributed by atoms with E-state index in [0.29, 0.717) is 0 Å². The lowest BCUT2D eigenvalue weighted by atomic mass is 9.82. The van der Waals surface area contributed by atoms with E-state index < -0.39 is 0 Å². The molecule has 0 unspecified atom stereocenters. The molecular formula is C21H28N+. The van der Waals surface area contributed by atoms with Crippen molar-refractivity contribution in [3.05, 3.63) is 52.7 Å². The highest BCUT2D eigenvalue weighted by molar-refractivity contribution is 5.63. The average Bonchev–Trinajstić information content (AvgIpc) is 2.54. The quantitative estimate of drug-likeness (QED) is 0.668. The Balaban J connectivity index is 2.25. The molecule has 0 aliphatic heterocycles. The molecule has 1 aliphatic rings. The van der Waals surface area contributed by atoms with Crippen LogP contribution in [0.25, 0.3) is 11.3 Å². The van der Waals surface area contributed by atoms with Crippen molar-refractivity contribution >= 4 is 0 Å². The van der Waals surface area contributed by atoms with Crippen molar-refractivity contribution in [1.82, 2.24) is 0 Å². The van der Waals surface area contributed by atoms with Gasteiger partial charge in [-0.15, -0.1) is 0 Å². The third kappa shape index (κ3) is 2.27. The minimum atomic E-state index is 0.250. The minimum absolute atomic E-state index is 0.250. The van der Waals surface area contributed by atoms with Crippen LogP contribution in [0.4, 0.5) is 0 Å². The van der Waals surface area contributed by atoms with E-state index in [1.807, 2.05) is 0 Å². The number of aromatic nitrogens is 1. The Morgan fingerprint density at radius 3 is 2.18 bits per heavy atom. The molecule has 2 aromatic rings. The highest BCUT2D eigenvalue weighted by Crippen LogP contribution is 2.49. The van der Waals surface area contributed by atoms with E-state index in [0.717, 1.165) is 0 Å². The first-order valence-corrected chi connectivity index (χ1v) is 8.24. The maximum absolute atomic E-state index is 2.43. The van der Waals surface area contributed by atoms with Gasteiger partial charge in [0.2, 0.25) is 5.69 Å². The van der Waals surface area contributed by atoms with Crippen LogP contribution in [0, 0.1) is 13.8 Å². The highest BCUT2D eigenvalue weighted by atomic mass is 14.9. The largest absolute Gasteiger partial charge is 0.212 e. The summed E-state index contributed by atoms with van der Waals surface area (Å²) < 4.78 is 2.31. The number of aryl methyl sites for hydroxylation is 3. The topological polar surface area (TPSA) is 3.88 Å². The summed E-state index contributed by atoms with van der Waals surface area (Å²) >= 11 is 0. The van der Waals surface area contributed by atoms with Crippen LogP contribution in [0.3, 0.4) is 0 Å². The molecule has 0 saturated carbocycles. The van der Waals surface area contributed by atoms with Crippen molar-refractivity contribution in [2.75, 3.05) is 0 Å². The summed E-state index contributed by atoms with van der Waals surface area (Å²) in [6.45, 7) is 13.9. The zero-order valence-corrected chi connectivity index (χ0v) is 15.0. The Labute approximate surface area is 135 Å². The molecule has 1 heteroatoms. The van der Waals surface area contributed by atoms with Gasteiger partial charge in [0.15, 0.2) is 6.20 Å². The maximum Gasteiger partial charge on any atom is 0.212 e. The van der Waals surface area contributed by atoms with Gasteiger partial charge < -0.3 is 0 Å². The lowest BCUT2D eigenvalue weighted by Crippen LogP contribution is -2.33. The van der Waals surface area contributed by atoms with Gasteiger partial charge in [-0.05, 0) is 48.3 Å². The van der Waals surface area contributed by atoms with Crippen LogP contribution < -0.4 is 4.57 Å². The molecule has 0 radical (unpaired) electrons. The average molecular weight is 294 g/mol. The lowest BCUT2D eigenvalue weighted by Gasteiger charge is -2.22. The fourth-order valence-electron chi connectivity index (χ4n) is 4.41. The first-order valence-electron chi connectivity index (χ1n) is 8.24. The van der Waals surface area contributed by atoms with Crippen molar-refractivity contribution in [1.29, 1.82) is 0 Å². The molecule has 0 spiro atoms. The number of rotatable bonds is 1. The van der Waals surface area contributed by atoms with E-state index >= 15 is 0 Å². The standard InChI is InChI=1S/C21H28N/c1-14-8-9-16(15(2)10-14)19-11-17-18(12-22(19)7)21(5,6)13-20(17,3)4/h8-12H,13H2,1-7H3/q+1. The second kappa shape index (κ2) is 4.68. The zero-order valence-electron chi connectivity index (χ0n) is 15.0. The van der Waals surface area contributed by atoms with Crippen molar-refractivity contribution in [3.8, 4) is 11.3 Å². The Morgan fingerprint density at radius 1 is 0.909 bits per heavy atom. The normalized spacial score (nSPS) is 18.3. The van der Waals surface area contributed by atoms with Crippen LogP contribution in [0.1, 0.15) is 56.4 Å². The van der Waals surface area contributed by atoms with Crippen molar-refractivity contribution in [3.63, 3.8) is 0 Å². The molecule has 1 aromatic carbocycles. The summed E-state index contributed by atoms with van der Waals surface area (Å²) in [6.07, 6.45) is 3.57. The first-order chi connectivity index (χ1) is 10.1. The number of fused-ring (bicyclic) bond motifs is 1. The fraction of sp³-hybridized carbons (Fsp3) is 0.476. The molecule has 1 heterocycles. The lowest BCUT2D eigenvalue weighted by molar-refractivity contribution is -0.661. The van der Waals surface area contributed by atoms with Crippen molar-refractivity contribution in [2.45, 2.75) is 58.8 Å². The molecular weight excluding hydrogens is 266 g/mol. The smallest absolute Gasteiger partial charge is 0.201 e. The predicted molar refractivity (Wildman–Crippen MR) is 93.2 cm³/mol. The highest BCUT2D eigenvalue weighted by Gasteiger charge is 2.44. The molecule has 1 nitrogen and oxygen atoms in total. The van der Waals surface area contributed by atoms with Gasteiger partial charge in [-0.1, -0.05) is 45.4 Å². The monoisotopic (exact) mass is 294 g/mol.